The van der Waals surface area contributed by atoms with Crippen molar-refractivity contribution in [2.75, 3.05) is 4.90 Å². The highest BCUT2D eigenvalue weighted by Gasteiger charge is 2.46. The van der Waals surface area contributed by atoms with Crippen molar-refractivity contribution in [3.05, 3.63) is 253 Å². The minimum Gasteiger partial charge on any atom is -0.310 e. The Labute approximate surface area is 369 Å². The third-order valence-electron chi connectivity index (χ3n) is 13.3. The molecule has 0 saturated carbocycles. The van der Waals surface area contributed by atoms with Crippen molar-refractivity contribution in [3.8, 4) is 22.4 Å². The molecule has 0 atom stereocenters. The molecule has 1 aliphatic rings. The molecule has 13 rings (SSSR count). The molecule has 63 heavy (non-hydrogen) atoms. The number of benzene rings is 10. The van der Waals surface area contributed by atoms with Gasteiger partial charge in [0.15, 0.2) is 0 Å². The van der Waals surface area contributed by atoms with Gasteiger partial charge in [-0.15, -0.1) is 11.3 Å². The van der Waals surface area contributed by atoms with E-state index in [1.807, 2.05) is 11.3 Å². The zero-order chi connectivity index (χ0) is 41.5. The van der Waals surface area contributed by atoms with E-state index in [4.69, 9.17) is 4.98 Å². The van der Waals surface area contributed by atoms with Crippen molar-refractivity contribution in [1.82, 2.24) is 4.98 Å². The molecule has 0 radical (unpaired) electrons. The molecule has 0 bridgehead atoms. The number of nitrogens with zero attached hydrogens (tertiary/aromatic N) is 2. The SMILES string of the molecule is c1ccc(C2(c3ccccc3)c3ccccc3-c3ccc(N(c4ccc(-c5nc6ccccc6c6c5ccc5c7ccccc7sc56)cc4)c4ccc5ccccc5c4)cc32)cc1. The Kier molecular flexibility index (Phi) is 8.03. The van der Waals surface area contributed by atoms with E-state index in [0.717, 1.165) is 33.8 Å². The average Bonchev–Trinajstić information content (AvgIpc) is 3.88. The van der Waals surface area contributed by atoms with Crippen LogP contribution in [0.25, 0.3) is 75.0 Å². The van der Waals surface area contributed by atoms with Crippen LogP contribution in [0.5, 0.6) is 0 Å². The Hall–Kier alpha value is -7.85. The molecule has 0 amide bonds. The molecule has 3 heteroatoms. The van der Waals surface area contributed by atoms with Crippen molar-refractivity contribution >= 4 is 81.0 Å². The maximum Gasteiger partial charge on any atom is 0.0788 e. The van der Waals surface area contributed by atoms with Crippen LogP contribution in [0.1, 0.15) is 22.3 Å². The quantitative estimate of drug-likeness (QED) is 0.155. The van der Waals surface area contributed by atoms with E-state index in [0.29, 0.717) is 0 Å². The van der Waals surface area contributed by atoms with E-state index in [1.165, 1.54) is 80.5 Å². The number of thiophene rings is 1. The van der Waals surface area contributed by atoms with Gasteiger partial charge in [-0.1, -0.05) is 182 Å². The second kappa shape index (κ2) is 14.1. The van der Waals surface area contributed by atoms with Gasteiger partial charge in [-0.25, -0.2) is 4.98 Å². The van der Waals surface area contributed by atoms with E-state index in [-0.39, 0.29) is 0 Å². The van der Waals surface area contributed by atoms with Crippen LogP contribution < -0.4 is 4.90 Å². The standard InChI is InChI=1S/C60H38N2S/c1-3-17-42(18-4-1)60(43-19-5-2-6-20-43)53-24-12-9-21-47(53)48-34-33-46(38-54(48)60)62(45-32-27-39-15-7-8-16-41(39)37-45)44-30-28-40(29-31-44)58-52-36-35-50-49-22-11-14-26-56(49)63-59(50)57(52)51-23-10-13-25-55(51)61-58/h1-38H. The summed E-state index contributed by atoms with van der Waals surface area (Å²) in [5.41, 5.74) is 13.5. The summed E-state index contributed by atoms with van der Waals surface area (Å²) in [6.45, 7) is 0. The van der Waals surface area contributed by atoms with E-state index in [9.17, 15) is 0 Å². The van der Waals surface area contributed by atoms with Crippen LogP contribution in [0.2, 0.25) is 0 Å². The molecule has 0 aliphatic heterocycles. The molecule has 294 valence electrons. The molecule has 1 aliphatic carbocycles. The minimum atomic E-state index is -0.508. The maximum absolute atomic E-state index is 5.38. The van der Waals surface area contributed by atoms with E-state index >= 15 is 0 Å². The zero-order valence-electron chi connectivity index (χ0n) is 34.2. The second-order valence-corrected chi connectivity index (χ2v) is 17.7. The van der Waals surface area contributed by atoms with Crippen molar-refractivity contribution in [3.63, 3.8) is 0 Å². The van der Waals surface area contributed by atoms with Crippen LogP contribution >= 0.6 is 11.3 Å². The summed E-state index contributed by atoms with van der Waals surface area (Å²) < 4.78 is 2.62. The molecular weight excluding hydrogens is 781 g/mol. The molecule has 0 N–H and O–H groups in total. The predicted octanol–water partition coefficient (Wildman–Crippen LogP) is 16.4. The van der Waals surface area contributed by atoms with Crippen molar-refractivity contribution in [2.45, 2.75) is 5.41 Å². The van der Waals surface area contributed by atoms with E-state index in [1.54, 1.807) is 0 Å². The Bertz CT molecular complexity index is 3700. The molecule has 12 aromatic rings. The van der Waals surface area contributed by atoms with Crippen molar-refractivity contribution < 1.29 is 0 Å². The van der Waals surface area contributed by atoms with Gasteiger partial charge in [0, 0.05) is 59.0 Å². The first-order chi connectivity index (χ1) is 31.2. The van der Waals surface area contributed by atoms with Gasteiger partial charge in [0.05, 0.1) is 16.6 Å². The number of pyridine rings is 1. The number of hydrogen-bond donors (Lipinski definition) is 0. The summed E-state index contributed by atoms with van der Waals surface area (Å²) in [6, 6.07) is 84.6. The third kappa shape index (κ3) is 5.40. The molecule has 0 unspecified atom stereocenters. The fourth-order valence-electron chi connectivity index (χ4n) is 10.5. The summed E-state index contributed by atoms with van der Waals surface area (Å²) in [5, 5.41) is 8.66. The van der Waals surface area contributed by atoms with Gasteiger partial charge in [-0.2, -0.15) is 0 Å². The topological polar surface area (TPSA) is 16.1 Å². The Morgan fingerprint density at radius 1 is 0.397 bits per heavy atom. The summed E-state index contributed by atoms with van der Waals surface area (Å²) in [4.78, 5) is 7.81. The summed E-state index contributed by atoms with van der Waals surface area (Å²) >= 11 is 1.88. The lowest BCUT2D eigenvalue weighted by Gasteiger charge is -2.35. The molecular formula is C60H38N2S. The van der Waals surface area contributed by atoms with E-state index in [2.05, 4.69) is 235 Å². The largest absolute Gasteiger partial charge is 0.310 e. The van der Waals surface area contributed by atoms with Gasteiger partial charge in [-0.05, 0) is 92.7 Å². The van der Waals surface area contributed by atoms with Crippen molar-refractivity contribution in [2.24, 2.45) is 0 Å². The average molecular weight is 819 g/mol. The van der Waals surface area contributed by atoms with Crippen LogP contribution in [0.4, 0.5) is 17.1 Å². The van der Waals surface area contributed by atoms with Gasteiger partial charge >= 0.3 is 0 Å². The molecule has 2 nitrogen and oxygen atoms in total. The van der Waals surface area contributed by atoms with E-state index < -0.39 is 5.41 Å². The highest BCUT2D eigenvalue weighted by molar-refractivity contribution is 7.26. The fourth-order valence-corrected chi connectivity index (χ4v) is 11.8. The predicted molar refractivity (Wildman–Crippen MR) is 267 cm³/mol. The molecule has 10 aromatic carbocycles. The molecule has 2 aromatic heterocycles. The number of hydrogen-bond acceptors (Lipinski definition) is 3. The number of para-hydroxylation sites is 1. The maximum atomic E-state index is 5.38. The van der Waals surface area contributed by atoms with Gasteiger partial charge in [-0.3, -0.25) is 0 Å². The Balaban J connectivity index is 1.02. The zero-order valence-corrected chi connectivity index (χ0v) is 35.1. The van der Waals surface area contributed by atoms with Crippen LogP contribution in [-0.2, 0) is 5.41 Å². The Morgan fingerprint density at radius 3 is 1.81 bits per heavy atom. The molecule has 0 saturated heterocycles. The first-order valence-corrected chi connectivity index (χ1v) is 22.4. The lowest BCUT2D eigenvalue weighted by molar-refractivity contribution is 0.768. The Morgan fingerprint density at radius 2 is 1.00 bits per heavy atom. The summed E-state index contributed by atoms with van der Waals surface area (Å²) in [5.74, 6) is 0. The van der Waals surface area contributed by atoms with Crippen LogP contribution in [0.3, 0.4) is 0 Å². The smallest absolute Gasteiger partial charge is 0.0788 e. The van der Waals surface area contributed by atoms with Gasteiger partial charge in [0.25, 0.3) is 0 Å². The minimum absolute atomic E-state index is 0.508. The van der Waals surface area contributed by atoms with Crippen LogP contribution in [0.15, 0.2) is 231 Å². The first-order valence-electron chi connectivity index (χ1n) is 21.6. The monoisotopic (exact) mass is 818 g/mol. The lowest BCUT2D eigenvalue weighted by atomic mass is 9.67. The number of fused-ring (bicyclic) bond motifs is 11. The normalized spacial score (nSPS) is 12.9. The molecule has 0 spiro atoms. The lowest BCUT2D eigenvalue weighted by Crippen LogP contribution is -2.28. The number of aromatic nitrogens is 1. The van der Waals surface area contributed by atoms with Gasteiger partial charge in [0.2, 0.25) is 0 Å². The fraction of sp³-hybridized carbons (Fsp3) is 0.0167. The van der Waals surface area contributed by atoms with Crippen LogP contribution in [0, 0.1) is 0 Å². The second-order valence-electron chi connectivity index (χ2n) is 16.6. The number of anilines is 3. The van der Waals surface area contributed by atoms with Gasteiger partial charge < -0.3 is 4.90 Å². The number of rotatable bonds is 6. The summed E-state index contributed by atoms with van der Waals surface area (Å²) in [6.07, 6.45) is 0. The van der Waals surface area contributed by atoms with Crippen LogP contribution in [-0.4, -0.2) is 4.98 Å². The molecule has 2 heterocycles. The van der Waals surface area contributed by atoms with Crippen molar-refractivity contribution in [1.29, 1.82) is 0 Å². The third-order valence-corrected chi connectivity index (χ3v) is 14.5. The highest BCUT2D eigenvalue weighted by atomic mass is 32.1. The highest BCUT2D eigenvalue weighted by Crippen LogP contribution is 2.57. The summed E-state index contributed by atoms with van der Waals surface area (Å²) in [7, 11) is 0. The molecule has 0 fully saturated rings. The van der Waals surface area contributed by atoms with Gasteiger partial charge in [0.1, 0.15) is 0 Å². The first kappa shape index (κ1) is 35.9.